The van der Waals surface area contributed by atoms with Crippen LogP contribution in [0.3, 0.4) is 0 Å². The van der Waals surface area contributed by atoms with E-state index in [1.807, 2.05) is 0 Å². The van der Waals surface area contributed by atoms with Gasteiger partial charge in [0.1, 0.15) is 11.6 Å². The fourth-order valence-corrected chi connectivity index (χ4v) is 1.72. The molecule has 0 saturated heterocycles. The van der Waals surface area contributed by atoms with Crippen molar-refractivity contribution in [2.45, 2.75) is 19.3 Å². The van der Waals surface area contributed by atoms with E-state index in [2.05, 4.69) is 15.9 Å². The molecule has 1 rings (SSSR count). The van der Waals surface area contributed by atoms with Crippen LogP contribution in [-0.4, -0.2) is 11.8 Å². The second-order valence-electron chi connectivity index (χ2n) is 3.19. The van der Waals surface area contributed by atoms with Crippen LogP contribution in [0, 0.1) is 5.82 Å². The molecule has 1 aromatic carbocycles. The Labute approximate surface area is 107 Å². The normalized spacial score (nSPS) is 10.2. The summed E-state index contributed by atoms with van der Waals surface area (Å²) in [6, 6.07) is 3.91. The summed E-state index contributed by atoms with van der Waals surface area (Å²) >= 11 is 8.61. The topological polar surface area (TPSA) is 26.3 Å². The van der Waals surface area contributed by atoms with Gasteiger partial charge in [0.05, 0.1) is 4.47 Å². The molecular weight excluding hydrogens is 298 g/mol. The SMILES string of the molecule is O=C(CCCCCl)Oc1ccc(F)cc1Br. The number of hydrogen-bond donors (Lipinski definition) is 0. The van der Waals surface area contributed by atoms with Gasteiger partial charge in [-0.05, 0) is 47.0 Å². The number of esters is 1. The number of hydrogen-bond acceptors (Lipinski definition) is 2. The molecule has 0 unspecified atom stereocenters. The third-order valence-corrected chi connectivity index (χ3v) is 2.77. The van der Waals surface area contributed by atoms with Gasteiger partial charge in [-0.3, -0.25) is 4.79 Å². The molecule has 16 heavy (non-hydrogen) atoms. The highest BCUT2D eigenvalue weighted by Crippen LogP contribution is 2.25. The number of alkyl halides is 1. The zero-order valence-electron chi connectivity index (χ0n) is 8.51. The first-order valence-electron chi connectivity index (χ1n) is 4.85. The van der Waals surface area contributed by atoms with E-state index in [1.165, 1.54) is 18.2 Å². The molecule has 0 aliphatic rings. The Kier molecular flexibility index (Phi) is 5.77. The van der Waals surface area contributed by atoms with E-state index >= 15 is 0 Å². The van der Waals surface area contributed by atoms with Crippen molar-refractivity contribution < 1.29 is 13.9 Å². The molecule has 5 heteroatoms. The number of ether oxygens (including phenoxy) is 1. The lowest BCUT2D eigenvalue weighted by Crippen LogP contribution is -2.08. The largest absolute Gasteiger partial charge is 0.425 e. The van der Waals surface area contributed by atoms with Gasteiger partial charge in [0, 0.05) is 12.3 Å². The quantitative estimate of drug-likeness (QED) is 0.357. The molecule has 0 saturated carbocycles. The number of halogens is 3. The van der Waals surface area contributed by atoms with E-state index in [9.17, 15) is 9.18 Å². The zero-order chi connectivity index (χ0) is 12.0. The van der Waals surface area contributed by atoms with Gasteiger partial charge in [0.15, 0.2) is 0 Å². The summed E-state index contributed by atoms with van der Waals surface area (Å²) in [7, 11) is 0. The third kappa shape index (κ3) is 4.49. The highest BCUT2D eigenvalue weighted by molar-refractivity contribution is 9.10. The monoisotopic (exact) mass is 308 g/mol. The maximum atomic E-state index is 12.7. The average molecular weight is 310 g/mol. The maximum absolute atomic E-state index is 12.7. The van der Waals surface area contributed by atoms with Crippen molar-refractivity contribution >= 4 is 33.5 Å². The van der Waals surface area contributed by atoms with Crippen LogP contribution < -0.4 is 4.74 Å². The van der Waals surface area contributed by atoms with Crippen molar-refractivity contribution in [1.82, 2.24) is 0 Å². The van der Waals surface area contributed by atoms with Gasteiger partial charge in [-0.15, -0.1) is 11.6 Å². The van der Waals surface area contributed by atoms with Crippen molar-refractivity contribution in [2.24, 2.45) is 0 Å². The van der Waals surface area contributed by atoms with Crippen molar-refractivity contribution in [3.05, 3.63) is 28.5 Å². The van der Waals surface area contributed by atoms with E-state index in [0.717, 1.165) is 6.42 Å². The lowest BCUT2D eigenvalue weighted by molar-refractivity contribution is -0.134. The van der Waals surface area contributed by atoms with Crippen LogP contribution in [0.5, 0.6) is 5.75 Å². The molecule has 0 radical (unpaired) electrons. The molecule has 0 amide bonds. The van der Waals surface area contributed by atoms with E-state index in [4.69, 9.17) is 16.3 Å². The lowest BCUT2D eigenvalue weighted by Gasteiger charge is -2.05. The van der Waals surface area contributed by atoms with Gasteiger partial charge in [-0.1, -0.05) is 0 Å². The molecule has 0 fully saturated rings. The van der Waals surface area contributed by atoms with Gasteiger partial charge in [-0.25, -0.2) is 4.39 Å². The van der Waals surface area contributed by atoms with Crippen LogP contribution in [0.15, 0.2) is 22.7 Å². The molecule has 0 aromatic heterocycles. The first-order valence-corrected chi connectivity index (χ1v) is 6.18. The van der Waals surface area contributed by atoms with E-state index in [1.54, 1.807) is 0 Å². The molecule has 2 nitrogen and oxygen atoms in total. The minimum absolute atomic E-state index is 0.316. The predicted octanol–water partition coefficient (Wildman–Crippen LogP) is 3.90. The summed E-state index contributed by atoms with van der Waals surface area (Å²) in [5.74, 6) is 0.150. The summed E-state index contributed by atoms with van der Waals surface area (Å²) in [5, 5.41) is 0. The minimum atomic E-state index is -0.381. The van der Waals surface area contributed by atoms with E-state index in [0.29, 0.717) is 28.9 Å². The Morgan fingerprint density at radius 3 is 2.81 bits per heavy atom. The van der Waals surface area contributed by atoms with Crippen LogP contribution >= 0.6 is 27.5 Å². The first-order chi connectivity index (χ1) is 7.63. The first kappa shape index (κ1) is 13.5. The van der Waals surface area contributed by atoms with E-state index in [-0.39, 0.29) is 11.8 Å². The highest BCUT2D eigenvalue weighted by Gasteiger charge is 2.08. The summed E-state index contributed by atoms with van der Waals surface area (Å²) in [4.78, 5) is 11.3. The Hall–Kier alpha value is -0.610. The number of benzene rings is 1. The predicted molar refractivity (Wildman–Crippen MR) is 64.3 cm³/mol. The van der Waals surface area contributed by atoms with Crippen LogP contribution in [-0.2, 0) is 4.79 Å². The lowest BCUT2D eigenvalue weighted by atomic mass is 10.2. The minimum Gasteiger partial charge on any atom is -0.425 e. The van der Waals surface area contributed by atoms with Gasteiger partial charge >= 0.3 is 5.97 Å². The fourth-order valence-electron chi connectivity index (χ4n) is 1.10. The molecule has 0 heterocycles. The van der Waals surface area contributed by atoms with Gasteiger partial charge in [0.25, 0.3) is 0 Å². The van der Waals surface area contributed by atoms with Crippen LogP contribution in [0.2, 0.25) is 0 Å². The summed E-state index contributed by atoms with van der Waals surface area (Å²) in [6.07, 6.45) is 1.79. The molecule has 0 aliphatic heterocycles. The molecule has 0 spiro atoms. The highest BCUT2D eigenvalue weighted by atomic mass is 79.9. The summed E-state index contributed by atoms with van der Waals surface area (Å²) in [5.41, 5.74) is 0. The van der Waals surface area contributed by atoms with Crippen LogP contribution in [0.25, 0.3) is 0 Å². The maximum Gasteiger partial charge on any atom is 0.311 e. The summed E-state index contributed by atoms with van der Waals surface area (Å²) < 4.78 is 18.2. The Morgan fingerprint density at radius 1 is 1.44 bits per heavy atom. The smallest absolute Gasteiger partial charge is 0.311 e. The molecular formula is C11H11BrClFO2. The van der Waals surface area contributed by atoms with Crippen LogP contribution in [0.1, 0.15) is 19.3 Å². The van der Waals surface area contributed by atoms with Crippen molar-refractivity contribution in [1.29, 1.82) is 0 Å². The molecule has 0 atom stereocenters. The molecule has 0 N–H and O–H groups in total. The van der Waals surface area contributed by atoms with Crippen molar-refractivity contribution in [2.75, 3.05) is 5.88 Å². The third-order valence-electron chi connectivity index (χ3n) is 1.88. The second kappa shape index (κ2) is 6.86. The Balaban J connectivity index is 2.49. The zero-order valence-corrected chi connectivity index (χ0v) is 10.9. The second-order valence-corrected chi connectivity index (χ2v) is 4.43. The Bertz CT molecular complexity index is 371. The fraction of sp³-hybridized carbons (Fsp3) is 0.364. The van der Waals surface area contributed by atoms with Crippen molar-refractivity contribution in [3.8, 4) is 5.75 Å². The van der Waals surface area contributed by atoms with Gasteiger partial charge in [0.2, 0.25) is 0 Å². The van der Waals surface area contributed by atoms with Gasteiger partial charge in [-0.2, -0.15) is 0 Å². The number of carbonyl (C=O) groups excluding carboxylic acids is 1. The van der Waals surface area contributed by atoms with Crippen LogP contribution in [0.4, 0.5) is 4.39 Å². The molecule has 1 aromatic rings. The number of carbonyl (C=O) groups is 1. The van der Waals surface area contributed by atoms with Gasteiger partial charge < -0.3 is 4.74 Å². The molecule has 0 aliphatic carbocycles. The molecule has 0 bridgehead atoms. The Morgan fingerprint density at radius 2 is 2.19 bits per heavy atom. The van der Waals surface area contributed by atoms with Crippen molar-refractivity contribution in [3.63, 3.8) is 0 Å². The number of unbranched alkanes of at least 4 members (excludes halogenated alkanes) is 1. The molecule has 88 valence electrons. The summed E-state index contributed by atoms with van der Waals surface area (Å²) in [6.45, 7) is 0. The van der Waals surface area contributed by atoms with E-state index < -0.39 is 0 Å². The average Bonchev–Trinajstić information content (AvgIpc) is 2.23. The standard InChI is InChI=1S/C11H11BrClFO2/c12-9-7-8(14)4-5-10(9)16-11(15)3-1-2-6-13/h4-5,7H,1-3,6H2. The number of rotatable bonds is 5.